The minimum atomic E-state index is 0.136. The zero-order chi connectivity index (χ0) is 15.8. The van der Waals surface area contributed by atoms with Gasteiger partial charge < -0.3 is 10.6 Å². The molecule has 118 valence electrons. The van der Waals surface area contributed by atoms with Gasteiger partial charge in [-0.25, -0.2) is 0 Å². The summed E-state index contributed by atoms with van der Waals surface area (Å²) >= 11 is 12.5. The highest BCUT2D eigenvalue weighted by molar-refractivity contribution is 6.42. The van der Waals surface area contributed by atoms with Crippen LogP contribution in [-0.2, 0) is 0 Å². The summed E-state index contributed by atoms with van der Waals surface area (Å²) in [7, 11) is 0. The van der Waals surface area contributed by atoms with Gasteiger partial charge in [0.1, 0.15) is 0 Å². The number of hydrogen-bond acceptors (Lipinski definition) is 2. The van der Waals surface area contributed by atoms with Crippen LogP contribution in [0.4, 0.5) is 0 Å². The summed E-state index contributed by atoms with van der Waals surface area (Å²) in [6.07, 6.45) is 2.19. The van der Waals surface area contributed by atoms with Crippen molar-refractivity contribution in [2.45, 2.75) is 70.6 Å². The molecule has 2 N–H and O–H groups in total. The third kappa shape index (κ3) is 4.35. The average molecular weight is 329 g/mol. The number of rotatable bonds is 3. The normalized spacial score (nSPS) is 23.0. The number of hydrogen-bond donors (Lipinski definition) is 2. The topological polar surface area (TPSA) is 24.1 Å². The molecule has 0 spiro atoms. The predicted octanol–water partition coefficient (Wildman–Crippen LogP) is 4.95. The Hall–Kier alpha value is -0.280. The van der Waals surface area contributed by atoms with Gasteiger partial charge >= 0.3 is 0 Å². The Morgan fingerprint density at radius 2 is 1.71 bits per heavy atom. The monoisotopic (exact) mass is 328 g/mol. The van der Waals surface area contributed by atoms with Crippen molar-refractivity contribution < 1.29 is 0 Å². The van der Waals surface area contributed by atoms with Crippen molar-refractivity contribution in [2.75, 3.05) is 0 Å². The Morgan fingerprint density at radius 3 is 2.29 bits per heavy atom. The molecule has 1 fully saturated rings. The van der Waals surface area contributed by atoms with Crippen LogP contribution in [0.25, 0.3) is 0 Å². The molecule has 1 aliphatic rings. The highest BCUT2D eigenvalue weighted by Crippen LogP contribution is 2.33. The maximum atomic E-state index is 6.33. The molecule has 1 heterocycles. The Morgan fingerprint density at radius 1 is 1.14 bits per heavy atom. The van der Waals surface area contributed by atoms with Gasteiger partial charge in [0.15, 0.2) is 0 Å². The fourth-order valence-electron chi connectivity index (χ4n) is 3.74. The van der Waals surface area contributed by atoms with Crippen molar-refractivity contribution in [2.24, 2.45) is 0 Å². The zero-order valence-electron chi connectivity index (χ0n) is 13.6. The van der Waals surface area contributed by atoms with E-state index in [-0.39, 0.29) is 17.1 Å². The molecule has 2 nitrogen and oxygen atoms in total. The lowest BCUT2D eigenvalue weighted by molar-refractivity contribution is 0.141. The molecular weight excluding hydrogens is 303 g/mol. The van der Waals surface area contributed by atoms with Crippen LogP contribution in [0.3, 0.4) is 0 Å². The molecule has 1 aromatic carbocycles. The number of nitrogens with one attached hydrogen (secondary N) is 2. The van der Waals surface area contributed by atoms with Gasteiger partial charge in [-0.1, -0.05) is 35.3 Å². The Labute approximate surface area is 138 Å². The molecule has 0 aliphatic carbocycles. The van der Waals surface area contributed by atoms with E-state index >= 15 is 0 Å². The molecule has 0 saturated carbocycles. The van der Waals surface area contributed by atoms with E-state index < -0.39 is 0 Å². The smallest absolute Gasteiger partial charge is 0.0639 e. The molecule has 1 atom stereocenters. The van der Waals surface area contributed by atoms with E-state index in [9.17, 15) is 0 Å². The second-order valence-corrected chi connectivity index (χ2v) is 8.31. The highest BCUT2D eigenvalue weighted by atomic mass is 35.5. The molecule has 1 aromatic rings. The fraction of sp³-hybridized carbons (Fsp3) is 0.647. The van der Waals surface area contributed by atoms with Crippen LogP contribution in [0.1, 0.15) is 59.1 Å². The van der Waals surface area contributed by atoms with Crippen LogP contribution in [0.2, 0.25) is 10.0 Å². The summed E-state index contributed by atoms with van der Waals surface area (Å²) in [6.45, 7) is 11.2. The minimum absolute atomic E-state index is 0.136. The maximum absolute atomic E-state index is 6.33. The second-order valence-electron chi connectivity index (χ2n) is 7.53. The van der Waals surface area contributed by atoms with Crippen molar-refractivity contribution in [3.05, 3.63) is 33.8 Å². The van der Waals surface area contributed by atoms with Gasteiger partial charge in [-0.15, -0.1) is 0 Å². The van der Waals surface area contributed by atoms with Crippen LogP contribution < -0.4 is 10.6 Å². The summed E-state index contributed by atoms with van der Waals surface area (Å²) in [5.41, 5.74) is 1.34. The van der Waals surface area contributed by atoms with Crippen LogP contribution in [0.15, 0.2) is 18.2 Å². The summed E-state index contributed by atoms with van der Waals surface area (Å²) in [5.74, 6) is 0. The molecule has 4 heteroatoms. The lowest BCUT2D eigenvalue weighted by Crippen LogP contribution is -2.61. The maximum Gasteiger partial charge on any atom is 0.0639 e. The van der Waals surface area contributed by atoms with Crippen molar-refractivity contribution >= 4 is 23.2 Å². The molecule has 0 radical (unpaired) electrons. The van der Waals surface area contributed by atoms with E-state index in [0.717, 1.165) is 18.4 Å². The molecule has 0 aromatic heterocycles. The van der Waals surface area contributed by atoms with E-state index in [1.54, 1.807) is 0 Å². The van der Waals surface area contributed by atoms with Crippen LogP contribution in [-0.4, -0.2) is 17.1 Å². The number of halogens is 2. The van der Waals surface area contributed by atoms with Gasteiger partial charge in [0, 0.05) is 23.2 Å². The standard InChI is InChI=1S/C17H26Cl2N2/c1-11(13-7-6-8-14(18)15(13)19)20-12-9-16(2,3)21-17(4,5)10-12/h6-8,11-12,20-21H,9-10H2,1-5H3. The molecule has 1 unspecified atom stereocenters. The Bertz CT molecular complexity index is 496. The van der Waals surface area contributed by atoms with Gasteiger partial charge in [-0.05, 0) is 59.1 Å². The predicted molar refractivity (Wildman–Crippen MR) is 92.3 cm³/mol. The third-order valence-electron chi connectivity index (χ3n) is 4.12. The number of benzene rings is 1. The zero-order valence-corrected chi connectivity index (χ0v) is 15.1. The minimum Gasteiger partial charge on any atom is -0.307 e. The van der Waals surface area contributed by atoms with Gasteiger partial charge in [0.2, 0.25) is 0 Å². The third-order valence-corrected chi connectivity index (χ3v) is 4.96. The van der Waals surface area contributed by atoms with Crippen molar-refractivity contribution in [3.8, 4) is 0 Å². The van der Waals surface area contributed by atoms with Gasteiger partial charge in [0.25, 0.3) is 0 Å². The Kier molecular flexibility index (Phi) is 4.94. The van der Waals surface area contributed by atoms with E-state index in [2.05, 4.69) is 45.3 Å². The summed E-state index contributed by atoms with van der Waals surface area (Å²) in [4.78, 5) is 0. The molecule has 0 amide bonds. The van der Waals surface area contributed by atoms with Gasteiger partial charge in [-0.2, -0.15) is 0 Å². The molecule has 1 saturated heterocycles. The van der Waals surface area contributed by atoms with E-state index in [1.807, 2.05) is 18.2 Å². The van der Waals surface area contributed by atoms with Crippen LogP contribution in [0.5, 0.6) is 0 Å². The highest BCUT2D eigenvalue weighted by Gasteiger charge is 2.38. The first kappa shape index (κ1) is 17.1. The number of piperidine rings is 1. The van der Waals surface area contributed by atoms with Gasteiger partial charge in [-0.3, -0.25) is 0 Å². The summed E-state index contributed by atoms with van der Waals surface area (Å²) < 4.78 is 0. The summed E-state index contributed by atoms with van der Waals surface area (Å²) in [5, 5.41) is 8.72. The molecule has 2 rings (SSSR count). The Balaban J connectivity index is 2.12. The first-order chi connectivity index (χ1) is 9.60. The largest absolute Gasteiger partial charge is 0.307 e. The van der Waals surface area contributed by atoms with Crippen LogP contribution >= 0.6 is 23.2 Å². The molecule has 21 heavy (non-hydrogen) atoms. The average Bonchev–Trinajstić information content (AvgIpc) is 2.28. The van der Waals surface area contributed by atoms with Gasteiger partial charge in [0.05, 0.1) is 10.0 Å². The second kappa shape index (κ2) is 6.08. The quantitative estimate of drug-likeness (QED) is 0.819. The molecular formula is C17H26Cl2N2. The molecule has 0 bridgehead atoms. The molecule has 1 aliphatic heterocycles. The SMILES string of the molecule is CC(NC1CC(C)(C)NC(C)(C)C1)c1cccc(Cl)c1Cl. The van der Waals surface area contributed by atoms with E-state index in [4.69, 9.17) is 23.2 Å². The summed E-state index contributed by atoms with van der Waals surface area (Å²) in [6, 6.07) is 6.48. The lowest BCUT2D eigenvalue weighted by Gasteiger charge is -2.47. The van der Waals surface area contributed by atoms with Crippen molar-refractivity contribution in [3.63, 3.8) is 0 Å². The fourth-order valence-corrected chi connectivity index (χ4v) is 4.21. The first-order valence-electron chi connectivity index (χ1n) is 7.59. The van der Waals surface area contributed by atoms with E-state index in [0.29, 0.717) is 16.1 Å². The lowest BCUT2D eigenvalue weighted by atomic mass is 9.79. The van der Waals surface area contributed by atoms with Crippen molar-refractivity contribution in [1.82, 2.24) is 10.6 Å². The van der Waals surface area contributed by atoms with Crippen LogP contribution in [0, 0.1) is 0 Å². The first-order valence-corrected chi connectivity index (χ1v) is 8.34. The van der Waals surface area contributed by atoms with Crippen molar-refractivity contribution in [1.29, 1.82) is 0 Å². The van der Waals surface area contributed by atoms with E-state index in [1.165, 1.54) is 0 Å².